The molecule has 9 aromatic rings. The predicted molar refractivity (Wildman–Crippen MR) is 175 cm³/mol. The molecule has 0 radical (unpaired) electrons. The molecular weight excluding hydrogens is 510 g/mol. The first-order valence-electron chi connectivity index (χ1n) is 14.4. The summed E-state index contributed by atoms with van der Waals surface area (Å²) in [5.41, 5.74) is 12.9. The van der Waals surface area contributed by atoms with E-state index in [0.29, 0.717) is 0 Å². The highest BCUT2D eigenvalue weighted by Crippen LogP contribution is 2.49. The molecule has 0 spiro atoms. The van der Waals surface area contributed by atoms with Gasteiger partial charge in [0.1, 0.15) is 11.2 Å². The average Bonchev–Trinajstić information content (AvgIpc) is 3.57. The van der Waals surface area contributed by atoms with Crippen LogP contribution in [-0.4, -0.2) is 4.57 Å². The van der Waals surface area contributed by atoms with Crippen LogP contribution in [0.1, 0.15) is 0 Å². The highest BCUT2D eigenvalue weighted by Gasteiger charge is 2.24. The van der Waals surface area contributed by atoms with Gasteiger partial charge >= 0.3 is 0 Å². The highest BCUT2D eigenvalue weighted by molar-refractivity contribution is 6.30. The third-order valence-corrected chi connectivity index (χ3v) is 9.12. The minimum atomic E-state index is 0.920. The monoisotopic (exact) mass is 533 g/mol. The molecule has 1 aliphatic carbocycles. The van der Waals surface area contributed by atoms with Crippen LogP contribution in [-0.2, 0) is 0 Å². The summed E-state index contributed by atoms with van der Waals surface area (Å²) >= 11 is 0. The summed E-state index contributed by atoms with van der Waals surface area (Å²) in [7, 11) is 0. The van der Waals surface area contributed by atoms with Crippen LogP contribution < -0.4 is 0 Å². The first-order chi connectivity index (χ1) is 20.8. The number of nitrogens with zero attached hydrogens (tertiary/aromatic N) is 1. The Morgan fingerprint density at radius 1 is 0.429 bits per heavy atom. The number of aromatic nitrogens is 1. The van der Waals surface area contributed by atoms with Crippen LogP contribution in [0.15, 0.2) is 144 Å². The van der Waals surface area contributed by atoms with E-state index in [1.807, 2.05) is 12.1 Å². The molecule has 2 heterocycles. The Bertz CT molecular complexity index is 2580. The number of hydrogen-bond donors (Lipinski definition) is 0. The standard InChI is InChI=1S/C40H23NO/c1-2-13-29-28(12-1)31-16-6-9-24-21-22-35-39(37(24)31)38-32(29)17-8-19-34(38)41(35)26-11-5-10-25(23-26)27-15-7-18-33-30-14-3-4-20-36(30)42-40(27)33/h1-23H. The summed E-state index contributed by atoms with van der Waals surface area (Å²) in [6, 6.07) is 50.5. The van der Waals surface area contributed by atoms with Crippen molar-refractivity contribution in [1.82, 2.24) is 4.57 Å². The summed E-state index contributed by atoms with van der Waals surface area (Å²) in [6.07, 6.45) is 0. The van der Waals surface area contributed by atoms with Crippen molar-refractivity contribution in [3.8, 4) is 39.1 Å². The van der Waals surface area contributed by atoms with Gasteiger partial charge in [0.15, 0.2) is 0 Å². The Morgan fingerprint density at radius 2 is 1.10 bits per heavy atom. The van der Waals surface area contributed by atoms with Crippen LogP contribution in [0.2, 0.25) is 0 Å². The molecule has 194 valence electrons. The third kappa shape index (κ3) is 2.78. The molecule has 2 aromatic heterocycles. The normalized spacial score (nSPS) is 12.3. The van der Waals surface area contributed by atoms with Gasteiger partial charge in [-0.05, 0) is 68.9 Å². The zero-order valence-corrected chi connectivity index (χ0v) is 22.6. The van der Waals surface area contributed by atoms with Gasteiger partial charge in [0.2, 0.25) is 0 Å². The predicted octanol–water partition coefficient (Wildman–Crippen LogP) is 11.2. The fraction of sp³-hybridized carbons (Fsp3) is 0. The lowest BCUT2D eigenvalue weighted by Gasteiger charge is -2.14. The number of hydrogen-bond acceptors (Lipinski definition) is 1. The van der Waals surface area contributed by atoms with E-state index in [2.05, 4.69) is 132 Å². The van der Waals surface area contributed by atoms with Crippen LogP contribution in [0.5, 0.6) is 0 Å². The fourth-order valence-electron chi connectivity index (χ4n) is 7.39. The summed E-state index contributed by atoms with van der Waals surface area (Å²) < 4.78 is 8.87. The minimum absolute atomic E-state index is 0.920. The topological polar surface area (TPSA) is 18.1 Å². The number of furan rings is 1. The number of fused-ring (bicyclic) bond motifs is 6. The molecule has 0 bridgehead atoms. The van der Waals surface area contributed by atoms with Gasteiger partial charge in [-0.2, -0.15) is 0 Å². The molecule has 2 heteroatoms. The second-order valence-corrected chi connectivity index (χ2v) is 11.3. The average molecular weight is 534 g/mol. The van der Waals surface area contributed by atoms with E-state index in [1.54, 1.807) is 0 Å². The number of para-hydroxylation sites is 2. The van der Waals surface area contributed by atoms with E-state index in [0.717, 1.165) is 38.8 Å². The van der Waals surface area contributed by atoms with Gasteiger partial charge in [0, 0.05) is 32.8 Å². The van der Waals surface area contributed by atoms with Crippen LogP contribution in [0.3, 0.4) is 0 Å². The number of benzene rings is 7. The van der Waals surface area contributed by atoms with Gasteiger partial charge in [0.25, 0.3) is 0 Å². The third-order valence-electron chi connectivity index (χ3n) is 9.12. The fourth-order valence-corrected chi connectivity index (χ4v) is 7.39. The maximum absolute atomic E-state index is 6.42. The van der Waals surface area contributed by atoms with E-state index in [4.69, 9.17) is 4.42 Å². The van der Waals surface area contributed by atoms with E-state index in [-0.39, 0.29) is 0 Å². The van der Waals surface area contributed by atoms with E-state index < -0.39 is 0 Å². The van der Waals surface area contributed by atoms with Crippen molar-refractivity contribution in [3.05, 3.63) is 140 Å². The lowest BCUT2D eigenvalue weighted by Crippen LogP contribution is -1.95. The van der Waals surface area contributed by atoms with Crippen molar-refractivity contribution in [2.24, 2.45) is 0 Å². The molecule has 0 amide bonds. The van der Waals surface area contributed by atoms with E-state index in [1.165, 1.54) is 54.8 Å². The smallest absolute Gasteiger partial charge is 0.143 e. The molecule has 0 atom stereocenters. The van der Waals surface area contributed by atoms with Crippen LogP contribution in [0.4, 0.5) is 0 Å². The molecule has 0 saturated heterocycles. The van der Waals surface area contributed by atoms with Gasteiger partial charge in [-0.25, -0.2) is 0 Å². The molecule has 7 aromatic carbocycles. The molecule has 0 unspecified atom stereocenters. The van der Waals surface area contributed by atoms with Crippen molar-refractivity contribution >= 4 is 54.5 Å². The van der Waals surface area contributed by atoms with Crippen molar-refractivity contribution in [2.75, 3.05) is 0 Å². The SMILES string of the molecule is c1cc(-c2cccc3c2oc2ccccc23)cc(-n2c3cccc4c3c3c5c(cccc5ccc32)-c2ccccc2-4)c1. The maximum Gasteiger partial charge on any atom is 0.143 e. The lowest BCUT2D eigenvalue weighted by molar-refractivity contribution is 0.670. The largest absolute Gasteiger partial charge is 0.455 e. The van der Waals surface area contributed by atoms with Gasteiger partial charge in [-0.15, -0.1) is 0 Å². The van der Waals surface area contributed by atoms with Crippen molar-refractivity contribution < 1.29 is 4.42 Å². The second-order valence-electron chi connectivity index (χ2n) is 11.3. The van der Waals surface area contributed by atoms with Gasteiger partial charge < -0.3 is 8.98 Å². The molecular formula is C40H23NO. The molecule has 0 fully saturated rings. The van der Waals surface area contributed by atoms with Crippen LogP contribution in [0, 0.1) is 0 Å². The minimum Gasteiger partial charge on any atom is -0.455 e. The Kier molecular flexibility index (Phi) is 4.21. The molecule has 2 nitrogen and oxygen atoms in total. The quantitative estimate of drug-likeness (QED) is 0.216. The summed E-state index contributed by atoms with van der Waals surface area (Å²) in [5.74, 6) is 0. The molecule has 1 aliphatic rings. The summed E-state index contributed by atoms with van der Waals surface area (Å²) in [5, 5.41) is 7.55. The Hall–Kier alpha value is -5.60. The summed E-state index contributed by atoms with van der Waals surface area (Å²) in [4.78, 5) is 0. The Morgan fingerprint density at radius 3 is 2.00 bits per heavy atom. The first-order valence-corrected chi connectivity index (χ1v) is 14.4. The lowest BCUT2D eigenvalue weighted by atomic mass is 9.93. The Labute approximate surface area is 241 Å². The van der Waals surface area contributed by atoms with Crippen LogP contribution >= 0.6 is 0 Å². The van der Waals surface area contributed by atoms with Crippen molar-refractivity contribution in [2.45, 2.75) is 0 Å². The van der Waals surface area contributed by atoms with Gasteiger partial charge in [0.05, 0.1) is 11.0 Å². The first kappa shape index (κ1) is 22.1. The van der Waals surface area contributed by atoms with Crippen LogP contribution in [0.25, 0.3) is 93.6 Å². The van der Waals surface area contributed by atoms with Crippen molar-refractivity contribution in [1.29, 1.82) is 0 Å². The molecule has 0 N–H and O–H groups in total. The molecule has 10 rings (SSSR count). The highest BCUT2D eigenvalue weighted by atomic mass is 16.3. The van der Waals surface area contributed by atoms with Crippen molar-refractivity contribution in [3.63, 3.8) is 0 Å². The maximum atomic E-state index is 6.42. The zero-order chi connectivity index (χ0) is 27.4. The zero-order valence-electron chi connectivity index (χ0n) is 22.6. The molecule has 0 saturated carbocycles. The molecule has 0 aliphatic heterocycles. The summed E-state index contributed by atoms with van der Waals surface area (Å²) in [6.45, 7) is 0. The van der Waals surface area contributed by atoms with Gasteiger partial charge in [-0.1, -0.05) is 109 Å². The van der Waals surface area contributed by atoms with Gasteiger partial charge in [-0.3, -0.25) is 0 Å². The Balaban J connectivity index is 1.30. The van der Waals surface area contributed by atoms with E-state index in [9.17, 15) is 0 Å². The second kappa shape index (κ2) is 7.99. The van der Waals surface area contributed by atoms with E-state index >= 15 is 0 Å². The number of rotatable bonds is 2. The molecule has 42 heavy (non-hydrogen) atoms.